The standard InChI is InChI=1S/C25H39N3O7/c1-7-9-15-28(19(29)16-27-24(33)35-25(4,5)6)21(18-12-10-11-17(3)22(18)31)23(32)26-14-13-20(30)34-8-2/h10-12,21,31H,7-9,13-16H2,1-6H3,(H,26,32)(H,27,33). The normalized spacial score (nSPS) is 11.8. The van der Waals surface area contributed by atoms with Crippen LogP contribution in [0, 0.1) is 6.92 Å². The third-order valence-corrected chi connectivity index (χ3v) is 4.91. The number of carbonyl (C=O) groups is 4. The molecule has 0 bridgehead atoms. The van der Waals surface area contributed by atoms with Crippen molar-refractivity contribution < 1.29 is 33.8 Å². The van der Waals surface area contributed by atoms with Crippen molar-refractivity contribution in [3.63, 3.8) is 0 Å². The Hall–Kier alpha value is -3.30. The number of ether oxygens (including phenoxy) is 2. The average molecular weight is 494 g/mol. The molecule has 0 aromatic heterocycles. The second kappa shape index (κ2) is 14.2. The summed E-state index contributed by atoms with van der Waals surface area (Å²) in [6.07, 6.45) is 0.558. The molecule has 10 nitrogen and oxygen atoms in total. The summed E-state index contributed by atoms with van der Waals surface area (Å²) in [5, 5.41) is 15.8. The largest absolute Gasteiger partial charge is 0.507 e. The Bertz CT molecular complexity index is 880. The molecule has 1 unspecified atom stereocenters. The second-order valence-corrected chi connectivity index (χ2v) is 9.06. The van der Waals surface area contributed by atoms with Crippen LogP contribution in [0.3, 0.4) is 0 Å². The first-order valence-electron chi connectivity index (χ1n) is 11.9. The van der Waals surface area contributed by atoms with Gasteiger partial charge in [-0.25, -0.2) is 4.79 Å². The van der Waals surface area contributed by atoms with Gasteiger partial charge in [0, 0.05) is 18.7 Å². The summed E-state index contributed by atoms with van der Waals surface area (Å²) in [4.78, 5) is 51.6. The maximum Gasteiger partial charge on any atom is 0.408 e. The number of esters is 1. The Morgan fingerprint density at radius 2 is 1.80 bits per heavy atom. The lowest BCUT2D eigenvalue weighted by molar-refractivity contribution is -0.143. The number of alkyl carbamates (subject to hydrolysis) is 1. The first-order chi connectivity index (χ1) is 16.4. The molecule has 0 heterocycles. The molecular formula is C25H39N3O7. The second-order valence-electron chi connectivity index (χ2n) is 9.06. The molecule has 10 heteroatoms. The highest BCUT2D eigenvalue weighted by atomic mass is 16.6. The van der Waals surface area contributed by atoms with Crippen molar-refractivity contribution in [2.24, 2.45) is 0 Å². The van der Waals surface area contributed by atoms with Crippen LogP contribution in [0.4, 0.5) is 4.79 Å². The van der Waals surface area contributed by atoms with Crippen LogP contribution in [0.25, 0.3) is 0 Å². The van der Waals surface area contributed by atoms with Gasteiger partial charge in [0.15, 0.2) is 0 Å². The van der Waals surface area contributed by atoms with Crippen molar-refractivity contribution in [2.45, 2.75) is 72.4 Å². The SMILES string of the molecule is CCCCN(C(=O)CNC(=O)OC(C)(C)C)C(C(=O)NCCC(=O)OCC)c1cccc(C)c1O. The van der Waals surface area contributed by atoms with Crippen LogP contribution >= 0.6 is 0 Å². The summed E-state index contributed by atoms with van der Waals surface area (Å²) in [5.74, 6) is -1.64. The number of nitrogens with zero attached hydrogens (tertiary/aromatic N) is 1. The van der Waals surface area contributed by atoms with Crippen molar-refractivity contribution in [1.29, 1.82) is 0 Å². The minimum atomic E-state index is -1.17. The number of hydrogen-bond acceptors (Lipinski definition) is 7. The fraction of sp³-hybridized carbons (Fsp3) is 0.600. The minimum absolute atomic E-state index is 0.00666. The lowest BCUT2D eigenvalue weighted by Crippen LogP contribution is -2.48. The Morgan fingerprint density at radius 1 is 1.11 bits per heavy atom. The third kappa shape index (κ3) is 10.2. The van der Waals surface area contributed by atoms with Gasteiger partial charge in [-0.2, -0.15) is 0 Å². The maximum absolute atomic E-state index is 13.3. The molecule has 3 amide bonds. The van der Waals surface area contributed by atoms with Crippen molar-refractivity contribution in [3.8, 4) is 5.75 Å². The smallest absolute Gasteiger partial charge is 0.408 e. The molecule has 196 valence electrons. The number of phenolic OH excluding ortho intramolecular Hbond substituents is 1. The molecule has 0 aliphatic rings. The topological polar surface area (TPSA) is 134 Å². The van der Waals surface area contributed by atoms with Crippen molar-refractivity contribution in [3.05, 3.63) is 29.3 Å². The van der Waals surface area contributed by atoms with Crippen LogP contribution in [0.1, 0.15) is 71.0 Å². The monoisotopic (exact) mass is 493 g/mol. The molecule has 1 rings (SSSR count). The van der Waals surface area contributed by atoms with Crippen molar-refractivity contribution in [1.82, 2.24) is 15.5 Å². The van der Waals surface area contributed by atoms with E-state index in [0.29, 0.717) is 12.0 Å². The molecular weight excluding hydrogens is 454 g/mol. The van der Waals surface area contributed by atoms with Gasteiger partial charge in [-0.3, -0.25) is 14.4 Å². The van der Waals surface area contributed by atoms with Crippen LogP contribution in [0.5, 0.6) is 5.75 Å². The summed E-state index contributed by atoms with van der Waals surface area (Å²) in [6, 6.07) is 3.78. The number of rotatable bonds is 12. The highest BCUT2D eigenvalue weighted by Gasteiger charge is 2.33. The molecule has 0 aliphatic carbocycles. The van der Waals surface area contributed by atoms with Gasteiger partial charge in [0.25, 0.3) is 0 Å². The zero-order chi connectivity index (χ0) is 26.6. The van der Waals surface area contributed by atoms with E-state index in [2.05, 4.69) is 10.6 Å². The summed E-state index contributed by atoms with van der Waals surface area (Å²) >= 11 is 0. The van der Waals surface area contributed by atoms with Crippen LogP contribution in [-0.2, 0) is 23.9 Å². The molecule has 0 radical (unpaired) electrons. The Morgan fingerprint density at radius 3 is 2.40 bits per heavy atom. The first kappa shape index (κ1) is 29.7. The lowest BCUT2D eigenvalue weighted by atomic mass is 9.99. The molecule has 1 aromatic rings. The predicted octanol–water partition coefficient (Wildman–Crippen LogP) is 2.96. The Kier molecular flexibility index (Phi) is 12.0. The van der Waals surface area contributed by atoms with E-state index >= 15 is 0 Å². The fourth-order valence-corrected chi connectivity index (χ4v) is 3.26. The van der Waals surface area contributed by atoms with Crippen LogP contribution in [0.2, 0.25) is 0 Å². The fourth-order valence-electron chi connectivity index (χ4n) is 3.26. The molecule has 1 aromatic carbocycles. The summed E-state index contributed by atoms with van der Waals surface area (Å²) < 4.78 is 10.1. The molecule has 1 atom stereocenters. The summed E-state index contributed by atoms with van der Waals surface area (Å²) in [5.41, 5.74) is 0.0611. The highest BCUT2D eigenvalue weighted by molar-refractivity contribution is 5.91. The molecule has 3 N–H and O–H groups in total. The van der Waals surface area contributed by atoms with E-state index in [-0.39, 0.29) is 37.4 Å². The van der Waals surface area contributed by atoms with Gasteiger partial charge >= 0.3 is 12.1 Å². The third-order valence-electron chi connectivity index (χ3n) is 4.91. The molecule has 0 saturated carbocycles. The van der Waals surface area contributed by atoms with Gasteiger partial charge in [0.05, 0.1) is 13.0 Å². The number of hydrogen-bond donors (Lipinski definition) is 3. The number of nitrogens with one attached hydrogen (secondary N) is 2. The first-order valence-corrected chi connectivity index (χ1v) is 11.9. The van der Waals surface area contributed by atoms with E-state index in [1.807, 2.05) is 6.92 Å². The zero-order valence-corrected chi connectivity index (χ0v) is 21.6. The predicted molar refractivity (Wildman–Crippen MR) is 131 cm³/mol. The van der Waals surface area contributed by atoms with E-state index in [1.165, 1.54) is 4.90 Å². The summed E-state index contributed by atoms with van der Waals surface area (Å²) in [7, 11) is 0. The molecule has 0 aliphatic heterocycles. The highest BCUT2D eigenvalue weighted by Crippen LogP contribution is 2.32. The number of aryl methyl sites for hydroxylation is 1. The van der Waals surface area contributed by atoms with Crippen molar-refractivity contribution >= 4 is 23.9 Å². The van der Waals surface area contributed by atoms with E-state index < -0.39 is 42.1 Å². The minimum Gasteiger partial charge on any atom is -0.507 e. The summed E-state index contributed by atoms with van der Waals surface area (Å²) in [6.45, 7) is 10.5. The van der Waals surface area contributed by atoms with Gasteiger partial charge < -0.3 is 30.1 Å². The number of unbranched alkanes of at least 4 members (excludes halogenated alkanes) is 1. The van der Waals surface area contributed by atoms with Gasteiger partial charge in [-0.1, -0.05) is 31.5 Å². The van der Waals surface area contributed by atoms with Crippen LogP contribution in [-0.4, -0.2) is 65.7 Å². The van der Waals surface area contributed by atoms with E-state index in [9.17, 15) is 24.3 Å². The lowest BCUT2D eigenvalue weighted by Gasteiger charge is -2.32. The Balaban J connectivity index is 3.20. The Labute approximate surface area is 207 Å². The molecule has 35 heavy (non-hydrogen) atoms. The number of benzene rings is 1. The molecule has 0 spiro atoms. The maximum atomic E-state index is 13.3. The van der Waals surface area contributed by atoms with E-state index in [4.69, 9.17) is 9.47 Å². The van der Waals surface area contributed by atoms with Gasteiger partial charge in [0.2, 0.25) is 11.8 Å². The molecule has 0 fully saturated rings. The zero-order valence-electron chi connectivity index (χ0n) is 21.6. The van der Waals surface area contributed by atoms with Gasteiger partial charge in [0.1, 0.15) is 23.9 Å². The van der Waals surface area contributed by atoms with Gasteiger partial charge in [-0.15, -0.1) is 0 Å². The van der Waals surface area contributed by atoms with Crippen molar-refractivity contribution in [2.75, 3.05) is 26.2 Å². The number of phenols is 1. The van der Waals surface area contributed by atoms with Crippen LogP contribution < -0.4 is 10.6 Å². The molecule has 0 saturated heterocycles. The van der Waals surface area contributed by atoms with E-state index in [1.54, 1.807) is 52.8 Å². The van der Waals surface area contributed by atoms with Gasteiger partial charge in [-0.05, 0) is 46.6 Å². The average Bonchev–Trinajstić information content (AvgIpc) is 2.76. The number of para-hydroxylation sites is 1. The van der Waals surface area contributed by atoms with E-state index in [0.717, 1.165) is 6.42 Å². The number of carbonyl (C=O) groups excluding carboxylic acids is 4. The number of amides is 3. The van der Waals surface area contributed by atoms with Crippen LogP contribution in [0.15, 0.2) is 18.2 Å². The number of aromatic hydroxyl groups is 1. The quantitative estimate of drug-likeness (QED) is 0.381.